The van der Waals surface area contributed by atoms with E-state index in [0.717, 1.165) is 11.0 Å². The third-order valence-electron chi connectivity index (χ3n) is 4.47. The summed E-state index contributed by atoms with van der Waals surface area (Å²) in [6.45, 7) is 0. The molecule has 0 atom stereocenters. The number of halogens is 1. The van der Waals surface area contributed by atoms with Gasteiger partial charge < -0.3 is 4.42 Å². The summed E-state index contributed by atoms with van der Waals surface area (Å²) in [6.07, 6.45) is 1.65. The summed E-state index contributed by atoms with van der Waals surface area (Å²) in [7, 11) is 0. The van der Waals surface area contributed by atoms with Crippen molar-refractivity contribution >= 4 is 50.7 Å². The zero-order valence-electron chi connectivity index (χ0n) is 14.5. The van der Waals surface area contributed by atoms with E-state index in [1.165, 1.54) is 29.5 Å². The van der Waals surface area contributed by atoms with Crippen LogP contribution in [0.25, 0.3) is 33.4 Å². The van der Waals surface area contributed by atoms with Crippen LogP contribution in [0.4, 0.5) is 5.69 Å². The van der Waals surface area contributed by atoms with Crippen LogP contribution in [0.2, 0.25) is 5.02 Å². The molecule has 0 fully saturated rings. The van der Waals surface area contributed by atoms with Gasteiger partial charge in [-0.1, -0.05) is 35.1 Å². The summed E-state index contributed by atoms with van der Waals surface area (Å²) < 4.78 is 7.88. The van der Waals surface area contributed by atoms with Crippen LogP contribution in [0.1, 0.15) is 5.76 Å². The van der Waals surface area contributed by atoms with Crippen molar-refractivity contribution in [2.24, 2.45) is 0 Å². The standard InChI is InChI=1S/C20H10ClN3O4S/c21-14-9-11(24(26)27)5-7-13(14)17-8-6-12(28-17)10-18-19(25)23-16-4-2-1-3-15(16)22-20(23)29-18/h1-10H/b18-10-. The monoisotopic (exact) mass is 423 g/mol. The van der Waals surface area contributed by atoms with Crippen molar-refractivity contribution in [2.45, 2.75) is 0 Å². The number of non-ortho nitro benzene ring substituents is 1. The highest BCUT2D eigenvalue weighted by Gasteiger charge is 2.14. The molecular formula is C20H10ClN3O4S. The average molecular weight is 424 g/mol. The van der Waals surface area contributed by atoms with E-state index in [0.29, 0.717) is 26.6 Å². The SMILES string of the molecule is O=c1/c(=C/c2ccc(-c3ccc([N+](=O)[O-])cc3Cl)o2)sc2nc3ccccc3n12. The second-order valence-corrected chi connectivity index (χ2v) is 7.67. The molecule has 2 aromatic carbocycles. The van der Waals surface area contributed by atoms with E-state index in [1.54, 1.807) is 22.6 Å². The van der Waals surface area contributed by atoms with Crippen LogP contribution in [0, 0.1) is 10.1 Å². The van der Waals surface area contributed by atoms with Crippen LogP contribution in [0.15, 0.2) is 63.8 Å². The number of benzene rings is 2. The summed E-state index contributed by atoms with van der Waals surface area (Å²) in [5.41, 5.74) is 1.81. The molecule has 0 amide bonds. The quantitative estimate of drug-likeness (QED) is 0.319. The Morgan fingerprint density at radius 1 is 1.17 bits per heavy atom. The van der Waals surface area contributed by atoms with E-state index >= 15 is 0 Å². The minimum atomic E-state index is -0.510. The van der Waals surface area contributed by atoms with Gasteiger partial charge in [0.15, 0.2) is 4.96 Å². The molecule has 9 heteroatoms. The summed E-state index contributed by atoms with van der Waals surface area (Å²) in [6, 6.07) is 15.1. The van der Waals surface area contributed by atoms with Crippen LogP contribution < -0.4 is 10.1 Å². The largest absolute Gasteiger partial charge is 0.457 e. The van der Waals surface area contributed by atoms with Gasteiger partial charge in [-0.2, -0.15) is 0 Å². The second-order valence-electron chi connectivity index (χ2n) is 6.26. The lowest BCUT2D eigenvalue weighted by Crippen LogP contribution is -2.22. The van der Waals surface area contributed by atoms with Crippen molar-refractivity contribution in [1.82, 2.24) is 9.38 Å². The zero-order chi connectivity index (χ0) is 20.1. The van der Waals surface area contributed by atoms with Crippen molar-refractivity contribution in [3.05, 3.63) is 90.4 Å². The first-order chi connectivity index (χ1) is 14.0. The highest BCUT2D eigenvalue weighted by Crippen LogP contribution is 2.32. The molecule has 5 aromatic rings. The number of thiazole rings is 1. The number of nitro benzene ring substituents is 1. The van der Waals surface area contributed by atoms with Gasteiger partial charge in [-0.25, -0.2) is 9.38 Å². The number of imidazole rings is 1. The molecule has 0 radical (unpaired) electrons. The smallest absolute Gasteiger partial charge is 0.275 e. The van der Waals surface area contributed by atoms with Crippen LogP contribution in [0.5, 0.6) is 0 Å². The number of aromatic nitrogens is 2. The second kappa shape index (κ2) is 6.54. The van der Waals surface area contributed by atoms with Gasteiger partial charge in [0.25, 0.3) is 11.2 Å². The molecule has 0 unspecified atom stereocenters. The summed E-state index contributed by atoms with van der Waals surface area (Å²) in [5, 5.41) is 11.1. The molecule has 0 aliphatic heterocycles. The fraction of sp³-hybridized carbons (Fsp3) is 0. The van der Waals surface area contributed by atoms with E-state index in [1.807, 2.05) is 24.3 Å². The van der Waals surface area contributed by atoms with Crippen molar-refractivity contribution in [1.29, 1.82) is 0 Å². The van der Waals surface area contributed by atoms with E-state index in [4.69, 9.17) is 16.0 Å². The van der Waals surface area contributed by atoms with E-state index in [9.17, 15) is 14.9 Å². The predicted octanol–water partition coefficient (Wildman–Crippen LogP) is 4.28. The Kier molecular flexibility index (Phi) is 3.97. The van der Waals surface area contributed by atoms with Gasteiger partial charge in [-0.15, -0.1) is 0 Å². The van der Waals surface area contributed by atoms with Crippen LogP contribution in [0.3, 0.4) is 0 Å². The maximum Gasteiger partial charge on any atom is 0.275 e. The fourth-order valence-corrected chi connectivity index (χ4v) is 4.37. The van der Waals surface area contributed by atoms with Crippen molar-refractivity contribution in [3.63, 3.8) is 0 Å². The maximum atomic E-state index is 12.8. The first-order valence-corrected chi connectivity index (χ1v) is 9.66. The fourth-order valence-electron chi connectivity index (χ4n) is 3.13. The molecule has 0 N–H and O–H groups in total. The molecule has 0 spiro atoms. The van der Waals surface area contributed by atoms with Crippen molar-refractivity contribution in [2.75, 3.05) is 0 Å². The molecule has 0 saturated carbocycles. The van der Waals surface area contributed by atoms with Crippen molar-refractivity contribution < 1.29 is 9.34 Å². The van der Waals surface area contributed by atoms with Gasteiger partial charge in [0.1, 0.15) is 16.1 Å². The molecule has 7 nitrogen and oxygen atoms in total. The Morgan fingerprint density at radius 2 is 2.00 bits per heavy atom. The normalized spacial score (nSPS) is 12.2. The van der Waals surface area contributed by atoms with E-state index in [-0.39, 0.29) is 16.3 Å². The summed E-state index contributed by atoms with van der Waals surface area (Å²) >= 11 is 7.44. The minimum absolute atomic E-state index is 0.0951. The number of nitro groups is 1. The third kappa shape index (κ3) is 2.89. The number of fused-ring (bicyclic) bond motifs is 3. The number of furan rings is 1. The first-order valence-electron chi connectivity index (χ1n) is 8.47. The molecule has 29 heavy (non-hydrogen) atoms. The van der Waals surface area contributed by atoms with Gasteiger partial charge >= 0.3 is 0 Å². The minimum Gasteiger partial charge on any atom is -0.457 e. The van der Waals surface area contributed by atoms with Crippen molar-refractivity contribution in [3.8, 4) is 11.3 Å². The number of rotatable bonds is 3. The molecule has 3 aromatic heterocycles. The topological polar surface area (TPSA) is 90.6 Å². The lowest BCUT2D eigenvalue weighted by molar-refractivity contribution is -0.384. The summed E-state index contributed by atoms with van der Waals surface area (Å²) in [5.74, 6) is 0.927. The van der Waals surface area contributed by atoms with E-state index in [2.05, 4.69) is 4.98 Å². The Morgan fingerprint density at radius 3 is 2.79 bits per heavy atom. The maximum absolute atomic E-state index is 12.8. The molecule has 0 aliphatic carbocycles. The Bertz CT molecular complexity index is 1530. The Labute approximate surface area is 171 Å². The van der Waals surface area contributed by atoms with Gasteiger partial charge in [-0.3, -0.25) is 14.9 Å². The van der Waals surface area contributed by atoms with Gasteiger partial charge in [-0.05, 0) is 30.3 Å². The predicted molar refractivity (Wildman–Crippen MR) is 111 cm³/mol. The molecule has 0 bridgehead atoms. The molecule has 0 saturated heterocycles. The van der Waals surface area contributed by atoms with Crippen LogP contribution >= 0.6 is 22.9 Å². The highest BCUT2D eigenvalue weighted by atomic mass is 35.5. The molecule has 142 valence electrons. The lowest BCUT2D eigenvalue weighted by Gasteiger charge is -2.00. The van der Waals surface area contributed by atoms with Gasteiger partial charge in [0.2, 0.25) is 0 Å². The number of hydrogen-bond acceptors (Lipinski definition) is 6. The molecule has 3 heterocycles. The van der Waals surface area contributed by atoms with Crippen LogP contribution in [-0.2, 0) is 0 Å². The number of para-hydroxylation sites is 2. The molecule has 0 aliphatic rings. The lowest BCUT2D eigenvalue weighted by atomic mass is 10.1. The third-order valence-corrected chi connectivity index (χ3v) is 5.76. The average Bonchev–Trinajstić information content (AvgIpc) is 3.38. The first kappa shape index (κ1) is 17.6. The number of hydrogen-bond donors (Lipinski definition) is 0. The number of nitrogens with zero attached hydrogens (tertiary/aromatic N) is 3. The highest BCUT2D eigenvalue weighted by molar-refractivity contribution is 7.15. The van der Waals surface area contributed by atoms with E-state index < -0.39 is 4.92 Å². The summed E-state index contributed by atoms with van der Waals surface area (Å²) in [4.78, 5) is 28.3. The zero-order valence-corrected chi connectivity index (χ0v) is 16.1. The molecule has 5 rings (SSSR count). The van der Waals surface area contributed by atoms with Gasteiger partial charge in [0, 0.05) is 23.8 Å². The molecular weight excluding hydrogens is 414 g/mol. The van der Waals surface area contributed by atoms with Crippen LogP contribution in [-0.4, -0.2) is 14.3 Å². The Hall–Kier alpha value is -3.49. The van der Waals surface area contributed by atoms with Gasteiger partial charge in [0.05, 0.1) is 21.0 Å². The Balaban J connectivity index is 1.58.